The highest BCUT2D eigenvalue weighted by Crippen LogP contribution is 2.09. The Kier molecular flexibility index (Phi) is 3.40. The van der Waals surface area contributed by atoms with Gasteiger partial charge in [0.05, 0.1) is 5.02 Å². The minimum Gasteiger partial charge on any atom is -0.347 e. The summed E-state index contributed by atoms with van der Waals surface area (Å²) in [7, 11) is 0. The second-order valence-corrected chi connectivity index (χ2v) is 2.63. The summed E-state index contributed by atoms with van der Waals surface area (Å²) < 4.78 is 0. The molecule has 0 radical (unpaired) electrons. The third-order valence-corrected chi connectivity index (χ3v) is 1.57. The summed E-state index contributed by atoms with van der Waals surface area (Å²) in [6.07, 6.45) is 4.22. The lowest BCUT2D eigenvalue weighted by Gasteiger charge is -2.01. The molecule has 0 saturated carbocycles. The molecule has 0 aromatic carbocycles. The Labute approximate surface area is 80.7 Å². The highest BCUT2D eigenvalue weighted by Gasteiger charge is 2.09. The van der Waals surface area contributed by atoms with Crippen molar-refractivity contribution in [1.82, 2.24) is 15.3 Å². The van der Waals surface area contributed by atoms with Crippen molar-refractivity contribution in [3.8, 4) is 0 Å². The molecule has 0 aliphatic heterocycles. The van der Waals surface area contributed by atoms with Crippen LogP contribution in [0.25, 0.3) is 0 Å². The van der Waals surface area contributed by atoms with Gasteiger partial charge in [0.25, 0.3) is 5.91 Å². The largest absolute Gasteiger partial charge is 0.347 e. The molecule has 0 saturated heterocycles. The topological polar surface area (TPSA) is 54.9 Å². The van der Waals surface area contributed by atoms with Gasteiger partial charge in [-0.25, -0.2) is 9.97 Å². The van der Waals surface area contributed by atoms with Gasteiger partial charge in [0.2, 0.25) is 0 Å². The molecule has 0 spiro atoms. The van der Waals surface area contributed by atoms with Crippen molar-refractivity contribution in [2.24, 2.45) is 0 Å². The first kappa shape index (κ1) is 9.67. The molecule has 0 fully saturated rings. The summed E-state index contributed by atoms with van der Waals surface area (Å²) in [6.45, 7) is 3.86. The van der Waals surface area contributed by atoms with Crippen LogP contribution >= 0.6 is 11.6 Å². The second kappa shape index (κ2) is 4.57. The van der Waals surface area contributed by atoms with Gasteiger partial charge in [-0.05, 0) is 0 Å². The standard InChI is InChI=1S/C8H8ClN3O/c1-2-3-11-8(13)7-6(9)4-10-5-12-7/h2,4-5H,1,3H2,(H,11,13). The van der Waals surface area contributed by atoms with Crippen LogP contribution in [-0.4, -0.2) is 22.4 Å². The van der Waals surface area contributed by atoms with E-state index in [0.717, 1.165) is 0 Å². The van der Waals surface area contributed by atoms with Crippen molar-refractivity contribution in [2.45, 2.75) is 0 Å². The van der Waals surface area contributed by atoms with Gasteiger partial charge >= 0.3 is 0 Å². The van der Waals surface area contributed by atoms with Crippen molar-refractivity contribution in [3.05, 3.63) is 35.9 Å². The molecule has 4 nitrogen and oxygen atoms in total. The molecule has 1 aromatic rings. The molecule has 1 heterocycles. The summed E-state index contributed by atoms with van der Waals surface area (Å²) in [5.74, 6) is -0.327. The van der Waals surface area contributed by atoms with Crippen LogP contribution in [-0.2, 0) is 0 Å². The van der Waals surface area contributed by atoms with E-state index in [1.807, 2.05) is 0 Å². The minimum atomic E-state index is -0.327. The van der Waals surface area contributed by atoms with Gasteiger partial charge in [0, 0.05) is 12.7 Å². The monoisotopic (exact) mass is 197 g/mol. The molecule has 0 aliphatic rings. The summed E-state index contributed by atoms with van der Waals surface area (Å²) in [5.41, 5.74) is 0.179. The van der Waals surface area contributed by atoms with E-state index in [-0.39, 0.29) is 16.6 Å². The fourth-order valence-corrected chi connectivity index (χ4v) is 0.919. The zero-order valence-electron chi connectivity index (χ0n) is 6.83. The van der Waals surface area contributed by atoms with Crippen LogP contribution in [0.5, 0.6) is 0 Å². The maximum absolute atomic E-state index is 11.3. The Hall–Kier alpha value is -1.42. The fourth-order valence-electron chi connectivity index (χ4n) is 0.728. The number of halogens is 1. The van der Waals surface area contributed by atoms with Gasteiger partial charge in [0.15, 0.2) is 0 Å². The van der Waals surface area contributed by atoms with E-state index in [1.54, 1.807) is 6.08 Å². The Morgan fingerprint density at radius 1 is 1.77 bits per heavy atom. The van der Waals surface area contributed by atoms with Crippen LogP contribution < -0.4 is 5.32 Å². The van der Waals surface area contributed by atoms with E-state index in [4.69, 9.17) is 11.6 Å². The molecular formula is C8H8ClN3O. The van der Waals surface area contributed by atoms with E-state index < -0.39 is 0 Å². The predicted octanol–water partition coefficient (Wildman–Crippen LogP) is 1.05. The lowest BCUT2D eigenvalue weighted by atomic mass is 10.4. The number of amides is 1. The van der Waals surface area contributed by atoms with Gasteiger partial charge < -0.3 is 5.32 Å². The van der Waals surface area contributed by atoms with E-state index in [9.17, 15) is 4.79 Å². The van der Waals surface area contributed by atoms with Crippen LogP contribution in [0, 0.1) is 0 Å². The first-order valence-electron chi connectivity index (χ1n) is 3.60. The summed E-state index contributed by atoms with van der Waals surface area (Å²) in [6, 6.07) is 0. The Morgan fingerprint density at radius 2 is 2.54 bits per heavy atom. The van der Waals surface area contributed by atoms with Gasteiger partial charge in [-0.1, -0.05) is 17.7 Å². The van der Waals surface area contributed by atoms with Crippen LogP contribution in [0.3, 0.4) is 0 Å². The highest BCUT2D eigenvalue weighted by atomic mass is 35.5. The van der Waals surface area contributed by atoms with E-state index in [1.165, 1.54) is 12.5 Å². The number of carbonyl (C=O) groups excluding carboxylic acids is 1. The minimum absolute atomic E-state index is 0.179. The third-order valence-electron chi connectivity index (χ3n) is 1.29. The highest BCUT2D eigenvalue weighted by molar-refractivity contribution is 6.33. The molecule has 13 heavy (non-hydrogen) atoms. The van der Waals surface area contributed by atoms with E-state index >= 15 is 0 Å². The van der Waals surface area contributed by atoms with Gasteiger partial charge in [0.1, 0.15) is 12.0 Å². The molecule has 1 N–H and O–H groups in total. The maximum atomic E-state index is 11.3. The van der Waals surface area contributed by atoms with Gasteiger partial charge in [-0.2, -0.15) is 0 Å². The van der Waals surface area contributed by atoms with E-state index in [2.05, 4.69) is 21.9 Å². The maximum Gasteiger partial charge on any atom is 0.271 e. The van der Waals surface area contributed by atoms with Crippen LogP contribution in [0.2, 0.25) is 5.02 Å². The molecule has 5 heteroatoms. The molecule has 1 amide bonds. The van der Waals surface area contributed by atoms with Crippen molar-refractivity contribution < 1.29 is 4.79 Å². The number of nitrogens with zero attached hydrogens (tertiary/aromatic N) is 2. The lowest BCUT2D eigenvalue weighted by molar-refractivity contribution is 0.0953. The summed E-state index contributed by atoms with van der Waals surface area (Å²) >= 11 is 5.69. The van der Waals surface area contributed by atoms with Gasteiger partial charge in [-0.15, -0.1) is 6.58 Å². The number of aromatic nitrogens is 2. The van der Waals surface area contributed by atoms with E-state index in [0.29, 0.717) is 6.54 Å². The zero-order valence-corrected chi connectivity index (χ0v) is 7.58. The second-order valence-electron chi connectivity index (χ2n) is 2.22. The number of hydrogen-bond donors (Lipinski definition) is 1. The fraction of sp³-hybridized carbons (Fsp3) is 0.125. The molecule has 0 aliphatic carbocycles. The van der Waals surface area contributed by atoms with Crippen LogP contribution in [0.15, 0.2) is 25.2 Å². The quantitative estimate of drug-likeness (QED) is 0.737. The Balaban J connectivity index is 2.76. The number of hydrogen-bond acceptors (Lipinski definition) is 3. The van der Waals surface area contributed by atoms with Crippen molar-refractivity contribution in [2.75, 3.05) is 6.54 Å². The molecule has 0 bridgehead atoms. The number of rotatable bonds is 3. The van der Waals surface area contributed by atoms with Crippen molar-refractivity contribution >= 4 is 17.5 Å². The SMILES string of the molecule is C=CCNC(=O)c1ncncc1Cl. The number of carbonyl (C=O) groups is 1. The summed E-state index contributed by atoms with van der Waals surface area (Å²) in [5, 5.41) is 2.80. The molecular weight excluding hydrogens is 190 g/mol. The lowest BCUT2D eigenvalue weighted by Crippen LogP contribution is -2.24. The van der Waals surface area contributed by atoms with Gasteiger partial charge in [-0.3, -0.25) is 4.79 Å². The first-order chi connectivity index (χ1) is 6.25. The molecule has 1 rings (SSSR count). The smallest absolute Gasteiger partial charge is 0.271 e. The third kappa shape index (κ3) is 2.52. The van der Waals surface area contributed by atoms with Crippen LogP contribution in [0.1, 0.15) is 10.5 Å². The molecule has 1 aromatic heterocycles. The Bertz CT molecular complexity index is 327. The predicted molar refractivity (Wildman–Crippen MR) is 49.6 cm³/mol. The number of nitrogens with one attached hydrogen (secondary N) is 1. The average molecular weight is 198 g/mol. The zero-order chi connectivity index (χ0) is 9.68. The normalized spacial score (nSPS) is 9.31. The molecule has 0 atom stereocenters. The Morgan fingerprint density at radius 3 is 3.15 bits per heavy atom. The molecule has 68 valence electrons. The summed E-state index contributed by atoms with van der Waals surface area (Å²) in [4.78, 5) is 18.7. The van der Waals surface area contributed by atoms with Crippen LogP contribution in [0.4, 0.5) is 0 Å². The van der Waals surface area contributed by atoms with Crippen molar-refractivity contribution in [3.63, 3.8) is 0 Å². The van der Waals surface area contributed by atoms with Crippen molar-refractivity contribution in [1.29, 1.82) is 0 Å². The molecule has 0 unspecified atom stereocenters. The first-order valence-corrected chi connectivity index (χ1v) is 3.98. The average Bonchev–Trinajstić information content (AvgIpc) is 2.15.